The summed E-state index contributed by atoms with van der Waals surface area (Å²) in [5.41, 5.74) is 3.98. The first-order chi connectivity index (χ1) is 13.6. The molecule has 0 fully saturated rings. The van der Waals surface area contributed by atoms with Gasteiger partial charge in [-0.25, -0.2) is 0 Å². The summed E-state index contributed by atoms with van der Waals surface area (Å²) in [6.45, 7) is 4.52. The molecular weight excluding hydrogens is 354 g/mol. The molecular formula is C22H21N3O3. The Morgan fingerprint density at radius 1 is 0.929 bits per heavy atom. The van der Waals surface area contributed by atoms with Crippen molar-refractivity contribution in [1.29, 1.82) is 0 Å². The van der Waals surface area contributed by atoms with E-state index in [9.17, 15) is 4.79 Å². The molecule has 28 heavy (non-hydrogen) atoms. The zero-order chi connectivity index (χ0) is 19.5. The lowest BCUT2D eigenvalue weighted by molar-refractivity contribution is 0.102. The molecule has 1 aliphatic rings. The van der Waals surface area contributed by atoms with Gasteiger partial charge in [-0.1, -0.05) is 26.0 Å². The zero-order valence-corrected chi connectivity index (χ0v) is 15.7. The topological polar surface area (TPSA) is 72.5 Å². The van der Waals surface area contributed by atoms with Gasteiger partial charge in [0.05, 0.1) is 0 Å². The Kier molecular flexibility index (Phi) is 4.85. The van der Waals surface area contributed by atoms with Crippen molar-refractivity contribution in [2.75, 3.05) is 17.4 Å². The molecule has 4 rings (SSSR count). The van der Waals surface area contributed by atoms with Crippen LogP contribution in [0.25, 0.3) is 0 Å². The normalized spacial score (nSPS) is 12.1. The first-order valence-corrected chi connectivity index (χ1v) is 9.12. The SMILES string of the molecule is CC(C)c1ccc(Nc2ccnc(C(=O)Nc3ccc4c(c3)OCO4)c2)cc1. The third-order valence-electron chi connectivity index (χ3n) is 4.49. The van der Waals surface area contributed by atoms with E-state index in [2.05, 4.69) is 41.6 Å². The van der Waals surface area contributed by atoms with Crippen LogP contribution in [0.15, 0.2) is 60.8 Å². The van der Waals surface area contributed by atoms with E-state index in [1.807, 2.05) is 18.2 Å². The van der Waals surface area contributed by atoms with Crippen LogP contribution in [0, 0.1) is 0 Å². The lowest BCUT2D eigenvalue weighted by Crippen LogP contribution is -2.13. The average molecular weight is 375 g/mol. The first kappa shape index (κ1) is 17.9. The number of carbonyl (C=O) groups is 1. The van der Waals surface area contributed by atoms with Crippen molar-refractivity contribution < 1.29 is 14.3 Å². The van der Waals surface area contributed by atoms with Gasteiger partial charge in [0.2, 0.25) is 6.79 Å². The van der Waals surface area contributed by atoms with Crippen molar-refractivity contribution in [3.63, 3.8) is 0 Å². The van der Waals surface area contributed by atoms with E-state index < -0.39 is 0 Å². The number of fused-ring (bicyclic) bond motifs is 1. The van der Waals surface area contributed by atoms with Gasteiger partial charge >= 0.3 is 0 Å². The quantitative estimate of drug-likeness (QED) is 0.661. The molecule has 2 heterocycles. The number of benzene rings is 2. The van der Waals surface area contributed by atoms with Crippen molar-refractivity contribution >= 4 is 23.0 Å². The summed E-state index contributed by atoms with van der Waals surface area (Å²) >= 11 is 0. The molecule has 6 nitrogen and oxygen atoms in total. The highest BCUT2D eigenvalue weighted by Crippen LogP contribution is 2.34. The molecule has 0 spiro atoms. The van der Waals surface area contributed by atoms with E-state index in [4.69, 9.17) is 9.47 Å². The smallest absolute Gasteiger partial charge is 0.274 e. The van der Waals surface area contributed by atoms with Crippen LogP contribution in [0.4, 0.5) is 17.1 Å². The summed E-state index contributed by atoms with van der Waals surface area (Å²) in [7, 11) is 0. The molecule has 0 saturated heterocycles. The molecule has 3 aromatic rings. The summed E-state index contributed by atoms with van der Waals surface area (Å²) in [6.07, 6.45) is 1.61. The van der Waals surface area contributed by atoms with Crippen molar-refractivity contribution in [2.24, 2.45) is 0 Å². The van der Waals surface area contributed by atoms with Crippen LogP contribution in [0.1, 0.15) is 35.8 Å². The molecule has 2 aromatic carbocycles. The highest BCUT2D eigenvalue weighted by molar-refractivity contribution is 6.03. The highest BCUT2D eigenvalue weighted by atomic mass is 16.7. The number of pyridine rings is 1. The largest absolute Gasteiger partial charge is 0.454 e. The number of hydrogen-bond acceptors (Lipinski definition) is 5. The Bertz CT molecular complexity index is 1000. The van der Waals surface area contributed by atoms with Crippen molar-refractivity contribution in [2.45, 2.75) is 19.8 Å². The number of anilines is 3. The van der Waals surface area contributed by atoms with Crippen LogP contribution < -0.4 is 20.1 Å². The number of aromatic nitrogens is 1. The number of ether oxygens (including phenoxy) is 2. The number of amides is 1. The van der Waals surface area contributed by atoms with Crippen molar-refractivity contribution in [3.8, 4) is 11.5 Å². The molecule has 0 saturated carbocycles. The molecule has 1 amide bonds. The molecule has 0 radical (unpaired) electrons. The van der Waals surface area contributed by atoms with Crippen molar-refractivity contribution in [3.05, 3.63) is 72.1 Å². The van der Waals surface area contributed by atoms with Gasteiger partial charge in [0, 0.05) is 29.3 Å². The van der Waals surface area contributed by atoms with Crippen LogP contribution in [-0.2, 0) is 0 Å². The summed E-state index contributed by atoms with van der Waals surface area (Å²) in [4.78, 5) is 16.7. The van der Waals surface area contributed by atoms with Gasteiger partial charge in [0.15, 0.2) is 11.5 Å². The molecule has 0 aliphatic carbocycles. The van der Waals surface area contributed by atoms with Gasteiger partial charge in [-0.15, -0.1) is 0 Å². The fourth-order valence-electron chi connectivity index (χ4n) is 2.92. The average Bonchev–Trinajstić information content (AvgIpc) is 3.16. The Morgan fingerprint density at radius 2 is 1.68 bits per heavy atom. The van der Waals surface area contributed by atoms with E-state index in [-0.39, 0.29) is 12.7 Å². The molecule has 1 aromatic heterocycles. The summed E-state index contributed by atoms with van der Waals surface area (Å²) < 4.78 is 10.6. The van der Waals surface area contributed by atoms with Crippen LogP contribution in [-0.4, -0.2) is 17.7 Å². The summed E-state index contributed by atoms with van der Waals surface area (Å²) in [6, 6.07) is 17.1. The fraction of sp³-hybridized carbons (Fsp3) is 0.182. The molecule has 2 N–H and O–H groups in total. The van der Waals surface area contributed by atoms with Gasteiger partial charge in [-0.05, 0) is 47.9 Å². The number of hydrogen-bond donors (Lipinski definition) is 2. The predicted octanol–water partition coefficient (Wildman–Crippen LogP) is 4.93. The fourth-order valence-corrected chi connectivity index (χ4v) is 2.92. The Labute approximate surface area is 163 Å². The molecule has 1 aliphatic heterocycles. The predicted molar refractivity (Wildman–Crippen MR) is 109 cm³/mol. The second-order valence-electron chi connectivity index (χ2n) is 6.85. The number of nitrogens with one attached hydrogen (secondary N) is 2. The number of rotatable bonds is 5. The minimum atomic E-state index is -0.294. The minimum absolute atomic E-state index is 0.195. The molecule has 142 valence electrons. The number of nitrogens with zero attached hydrogens (tertiary/aromatic N) is 1. The van der Waals surface area contributed by atoms with E-state index >= 15 is 0 Å². The standard InChI is InChI=1S/C22H21N3O3/c1-14(2)15-3-5-16(6-4-15)24-18-9-10-23-19(11-18)22(26)25-17-7-8-20-21(12-17)28-13-27-20/h3-12,14H,13H2,1-2H3,(H,23,24)(H,25,26). The van der Waals surface area contributed by atoms with Crippen LogP contribution in [0.3, 0.4) is 0 Å². The third kappa shape index (κ3) is 3.91. The molecule has 0 bridgehead atoms. The first-order valence-electron chi connectivity index (χ1n) is 9.12. The van der Waals surface area contributed by atoms with Crippen molar-refractivity contribution in [1.82, 2.24) is 4.98 Å². The van der Waals surface area contributed by atoms with Gasteiger partial charge < -0.3 is 20.1 Å². The molecule has 0 unspecified atom stereocenters. The van der Waals surface area contributed by atoms with E-state index in [1.165, 1.54) is 5.56 Å². The monoisotopic (exact) mass is 375 g/mol. The lowest BCUT2D eigenvalue weighted by atomic mass is 10.0. The Hall–Kier alpha value is -3.54. The molecule has 0 atom stereocenters. The van der Waals surface area contributed by atoms with E-state index in [0.29, 0.717) is 28.8 Å². The maximum atomic E-state index is 12.6. The summed E-state index contributed by atoms with van der Waals surface area (Å²) in [5.74, 6) is 1.48. The van der Waals surface area contributed by atoms with Gasteiger partial charge in [0.25, 0.3) is 5.91 Å². The van der Waals surface area contributed by atoms with Gasteiger partial charge in [-0.2, -0.15) is 0 Å². The van der Waals surface area contributed by atoms with Gasteiger partial charge in [0.1, 0.15) is 5.69 Å². The van der Waals surface area contributed by atoms with E-state index in [0.717, 1.165) is 11.4 Å². The van der Waals surface area contributed by atoms with E-state index in [1.54, 1.807) is 30.5 Å². The van der Waals surface area contributed by atoms with Gasteiger partial charge in [-0.3, -0.25) is 9.78 Å². The van der Waals surface area contributed by atoms with Crippen LogP contribution >= 0.6 is 0 Å². The second-order valence-corrected chi connectivity index (χ2v) is 6.85. The minimum Gasteiger partial charge on any atom is -0.454 e. The van der Waals surface area contributed by atoms with Crippen LogP contribution in [0.2, 0.25) is 0 Å². The maximum absolute atomic E-state index is 12.6. The Morgan fingerprint density at radius 3 is 2.46 bits per heavy atom. The Balaban J connectivity index is 1.46. The summed E-state index contributed by atoms with van der Waals surface area (Å²) in [5, 5.41) is 6.14. The zero-order valence-electron chi connectivity index (χ0n) is 15.7. The second kappa shape index (κ2) is 7.60. The molecule has 6 heteroatoms. The third-order valence-corrected chi connectivity index (χ3v) is 4.49. The maximum Gasteiger partial charge on any atom is 0.274 e. The highest BCUT2D eigenvalue weighted by Gasteiger charge is 2.15. The lowest BCUT2D eigenvalue weighted by Gasteiger charge is -2.10. The number of carbonyl (C=O) groups excluding carboxylic acids is 1. The van der Waals surface area contributed by atoms with Crippen LogP contribution in [0.5, 0.6) is 11.5 Å².